The molecule has 0 saturated heterocycles. The molecule has 5 nitrogen and oxygen atoms in total. The van der Waals surface area contributed by atoms with Crippen molar-refractivity contribution in [2.24, 2.45) is 0 Å². The highest BCUT2D eigenvalue weighted by Gasteiger charge is 2.09. The first kappa shape index (κ1) is 12.9. The molecule has 1 aromatic heterocycles. The van der Waals surface area contributed by atoms with Gasteiger partial charge in [0.1, 0.15) is 0 Å². The SMILES string of the molecule is CCOC(C)CNC(=O)c1ccc(Cl)nn1. The van der Waals surface area contributed by atoms with Crippen LogP contribution >= 0.6 is 11.6 Å². The molecule has 88 valence electrons. The Morgan fingerprint density at radius 1 is 1.56 bits per heavy atom. The lowest BCUT2D eigenvalue weighted by atomic mass is 10.3. The standard InChI is InChI=1S/C10H14ClN3O2/c1-3-16-7(2)6-12-10(15)8-4-5-9(11)14-13-8/h4-5,7H,3,6H2,1-2H3,(H,12,15). The van der Waals surface area contributed by atoms with Crippen molar-refractivity contribution in [1.29, 1.82) is 0 Å². The predicted octanol–water partition coefficient (Wildman–Crippen LogP) is 1.28. The van der Waals surface area contributed by atoms with Gasteiger partial charge in [-0.25, -0.2) is 0 Å². The number of carbonyl (C=O) groups excluding carboxylic acids is 1. The van der Waals surface area contributed by atoms with Crippen LogP contribution in [0.4, 0.5) is 0 Å². The Hall–Kier alpha value is -1.20. The van der Waals surface area contributed by atoms with Crippen LogP contribution < -0.4 is 5.32 Å². The third-order valence-corrected chi connectivity index (χ3v) is 2.07. The van der Waals surface area contributed by atoms with Gasteiger partial charge in [0.15, 0.2) is 10.8 Å². The van der Waals surface area contributed by atoms with E-state index in [1.807, 2.05) is 13.8 Å². The molecule has 0 bridgehead atoms. The Bertz CT molecular complexity index is 342. The minimum absolute atomic E-state index is 0.0193. The summed E-state index contributed by atoms with van der Waals surface area (Å²) in [5.41, 5.74) is 0.244. The fraction of sp³-hybridized carbons (Fsp3) is 0.500. The maximum atomic E-state index is 11.6. The summed E-state index contributed by atoms with van der Waals surface area (Å²) in [6, 6.07) is 3.05. The maximum absolute atomic E-state index is 11.6. The number of hydrogen-bond donors (Lipinski definition) is 1. The van der Waals surface area contributed by atoms with Gasteiger partial charge in [0.25, 0.3) is 5.91 Å². The van der Waals surface area contributed by atoms with E-state index in [2.05, 4.69) is 15.5 Å². The van der Waals surface area contributed by atoms with Gasteiger partial charge >= 0.3 is 0 Å². The molecular weight excluding hydrogens is 230 g/mol. The highest BCUT2D eigenvalue weighted by Crippen LogP contribution is 2.01. The van der Waals surface area contributed by atoms with Crippen molar-refractivity contribution >= 4 is 17.5 Å². The third-order valence-electron chi connectivity index (χ3n) is 1.87. The number of amides is 1. The summed E-state index contributed by atoms with van der Waals surface area (Å²) in [6.07, 6.45) is -0.0193. The van der Waals surface area contributed by atoms with E-state index in [0.717, 1.165) is 0 Å². The van der Waals surface area contributed by atoms with Gasteiger partial charge in [-0.1, -0.05) is 11.6 Å². The number of halogens is 1. The van der Waals surface area contributed by atoms with Crippen LogP contribution in [0.15, 0.2) is 12.1 Å². The summed E-state index contributed by atoms with van der Waals surface area (Å²) >= 11 is 5.56. The van der Waals surface area contributed by atoms with Crippen LogP contribution in [0.5, 0.6) is 0 Å². The van der Waals surface area contributed by atoms with E-state index in [1.165, 1.54) is 12.1 Å². The molecule has 1 unspecified atom stereocenters. The molecule has 0 spiro atoms. The number of nitrogens with one attached hydrogen (secondary N) is 1. The van der Waals surface area contributed by atoms with Crippen molar-refractivity contribution in [3.63, 3.8) is 0 Å². The Morgan fingerprint density at radius 2 is 2.31 bits per heavy atom. The highest BCUT2D eigenvalue weighted by atomic mass is 35.5. The molecule has 0 radical (unpaired) electrons. The van der Waals surface area contributed by atoms with Crippen molar-refractivity contribution in [3.8, 4) is 0 Å². The molecule has 0 aromatic carbocycles. The number of carbonyl (C=O) groups is 1. The maximum Gasteiger partial charge on any atom is 0.271 e. The van der Waals surface area contributed by atoms with Crippen LogP contribution in [0.1, 0.15) is 24.3 Å². The summed E-state index contributed by atoms with van der Waals surface area (Å²) in [6.45, 7) is 4.86. The van der Waals surface area contributed by atoms with E-state index in [9.17, 15) is 4.79 Å². The van der Waals surface area contributed by atoms with Gasteiger partial charge in [-0.2, -0.15) is 0 Å². The van der Waals surface area contributed by atoms with Gasteiger partial charge in [-0.05, 0) is 26.0 Å². The molecule has 0 saturated carbocycles. The number of hydrogen-bond acceptors (Lipinski definition) is 4. The Labute approximate surface area is 99.2 Å². The number of aromatic nitrogens is 2. The smallest absolute Gasteiger partial charge is 0.271 e. The molecule has 0 aliphatic carbocycles. The van der Waals surface area contributed by atoms with Gasteiger partial charge < -0.3 is 10.1 Å². The summed E-state index contributed by atoms with van der Waals surface area (Å²) in [5.74, 6) is -0.282. The second-order valence-corrected chi connectivity index (χ2v) is 3.60. The predicted molar refractivity (Wildman–Crippen MR) is 60.5 cm³/mol. The molecule has 1 heterocycles. The van der Waals surface area contributed by atoms with Gasteiger partial charge in [0.05, 0.1) is 6.10 Å². The normalized spacial score (nSPS) is 12.2. The van der Waals surface area contributed by atoms with E-state index < -0.39 is 0 Å². The number of nitrogens with zero attached hydrogens (tertiary/aromatic N) is 2. The Kier molecular flexibility index (Phi) is 5.14. The van der Waals surface area contributed by atoms with Crippen molar-refractivity contribution in [3.05, 3.63) is 23.0 Å². The zero-order valence-electron chi connectivity index (χ0n) is 9.24. The molecule has 0 aliphatic heterocycles. The summed E-state index contributed by atoms with van der Waals surface area (Å²) in [5, 5.41) is 10.2. The van der Waals surface area contributed by atoms with Crippen molar-refractivity contribution < 1.29 is 9.53 Å². The minimum atomic E-state index is -0.282. The van der Waals surface area contributed by atoms with Crippen LogP contribution in [-0.4, -0.2) is 35.4 Å². The fourth-order valence-corrected chi connectivity index (χ4v) is 1.21. The zero-order valence-corrected chi connectivity index (χ0v) is 9.99. The second kappa shape index (κ2) is 6.40. The van der Waals surface area contributed by atoms with E-state index >= 15 is 0 Å². The first-order valence-corrected chi connectivity index (χ1v) is 5.40. The average Bonchev–Trinajstić information content (AvgIpc) is 2.27. The molecule has 0 fully saturated rings. The topological polar surface area (TPSA) is 64.1 Å². The molecular formula is C10H14ClN3O2. The highest BCUT2D eigenvalue weighted by molar-refractivity contribution is 6.29. The molecule has 1 N–H and O–H groups in total. The zero-order chi connectivity index (χ0) is 12.0. The molecule has 16 heavy (non-hydrogen) atoms. The summed E-state index contributed by atoms with van der Waals surface area (Å²) in [7, 11) is 0. The van der Waals surface area contributed by atoms with Crippen LogP contribution in [0.2, 0.25) is 5.15 Å². The van der Waals surface area contributed by atoms with Gasteiger partial charge in [-0.3, -0.25) is 4.79 Å². The molecule has 1 amide bonds. The van der Waals surface area contributed by atoms with Gasteiger partial charge in [0, 0.05) is 13.2 Å². The Balaban J connectivity index is 2.43. The van der Waals surface area contributed by atoms with E-state index in [0.29, 0.717) is 13.2 Å². The van der Waals surface area contributed by atoms with Crippen molar-refractivity contribution in [1.82, 2.24) is 15.5 Å². The lowest BCUT2D eigenvalue weighted by Crippen LogP contribution is -2.32. The number of ether oxygens (including phenoxy) is 1. The van der Waals surface area contributed by atoms with E-state index in [-0.39, 0.29) is 22.9 Å². The van der Waals surface area contributed by atoms with E-state index in [1.54, 1.807) is 0 Å². The lowest BCUT2D eigenvalue weighted by molar-refractivity contribution is 0.0693. The summed E-state index contributed by atoms with van der Waals surface area (Å²) in [4.78, 5) is 11.6. The molecule has 6 heteroatoms. The van der Waals surface area contributed by atoms with Crippen molar-refractivity contribution in [2.75, 3.05) is 13.2 Å². The molecule has 0 aliphatic rings. The first-order valence-electron chi connectivity index (χ1n) is 5.02. The number of rotatable bonds is 5. The summed E-state index contributed by atoms with van der Waals surface area (Å²) < 4.78 is 5.28. The van der Waals surface area contributed by atoms with Crippen LogP contribution in [0.25, 0.3) is 0 Å². The van der Waals surface area contributed by atoms with Gasteiger partial charge in [-0.15, -0.1) is 10.2 Å². The average molecular weight is 244 g/mol. The third kappa shape index (κ3) is 4.12. The lowest BCUT2D eigenvalue weighted by Gasteiger charge is -2.11. The van der Waals surface area contributed by atoms with Crippen LogP contribution in [0.3, 0.4) is 0 Å². The van der Waals surface area contributed by atoms with Gasteiger partial charge in [0.2, 0.25) is 0 Å². The monoisotopic (exact) mass is 243 g/mol. The first-order chi connectivity index (χ1) is 7.63. The largest absolute Gasteiger partial charge is 0.377 e. The van der Waals surface area contributed by atoms with E-state index in [4.69, 9.17) is 16.3 Å². The van der Waals surface area contributed by atoms with Crippen molar-refractivity contribution in [2.45, 2.75) is 20.0 Å². The quantitative estimate of drug-likeness (QED) is 0.846. The molecule has 1 atom stereocenters. The van der Waals surface area contributed by atoms with Crippen LogP contribution in [0, 0.1) is 0 Å². The second-order valence-electron chi connectivity index (χ2n) is 3.22. The Morgan fingerprint density at radius 3 is 2.88 bits per heavy atom. The van der Waals surface area contributed by atoms with Crippen LogP contribution in [-0.2, 0) is 4.74 Å². The molecule has 1 rings (SSSR count). The minimum Gasteiger partial charge on any atom is -0.377 e. The fourth-order valence-electron chi connectivity index (χ4n) is 1.11. The molecule has 1 aromatic rings.